The van der Waals surface area contributed by atoms with Gasteiger partial charge in [-0.25, -0.2) is 17.8 Å². The van der Waals surface area contributed by atoms with Crippen molar-refractivity contribution >= 4 is 26.9 Å². The Morgan fingerprint density at radius 1 is 1.42 bits per heavy atom. The second-order valence-electron chi connectivity index (χ2n) is 4.11. The number of sulfone groups is 1. The molecule has 0 unspecified atom stereocenters. The molecule has 0 fully saturated rings. The van der Waals surface area contributed by atoms with E-state index in [0.717, 1.165) is 22.2 Å². The Morgan fingerprint density at radius 2 is 2.16 bits per heavy atom. The maximum Gasteiger partial charge on any atom is 0.175 e. The lowest BCUT2D eigenvalue weighted by molar-refractivity contribution is 0.600. The van der Waals surface area contributed by atoms with E-state index in [1.165, 1.54) is 23.5 Å². The van der Waals surface area contributed by atoms with Gasteiger partial charge in [0.2, 0.25) is 0 Å². The molecule has 0 atom stereocenters. The molecule has 1 aromatic carbocycles. The van der Waals surface area contributed by atoms with Crippen molar-refractivity contribution in [1.29, 1.82) is 0 Å². The molecule has 0 saturated heterocycles. The minimum absolute atomic E-state index is 0.0943. The zero-order valence-corrected chi connectivity index (χ0v) is 12.1. The van der Waals surface area contributed by atoms with Crippen LogP contribution in [-0.4, -0.2) is 19.7 Å². The van der Waals surface area contributed by atoms with Gasteiger partial charge in [0, 0.05) is 17.3 Å². The van der Waals surface area contributed by atoms with Crippen LogP contribution >= 0.6 is 11.3 Å². The average Bonchev–Trinajstić information content (AvgIpc) is 2.72. The topological polar surface area (TPSA) is 59.1 Å². The van der Waals surface area contributed by atoms with E-state index in [4.69, 9.17) is 0 Å². The van der Waals surface area contributed by atoms with Crippen LogP contribution in [0, 0.1) is 12.7 Å². The van der Waals surface area contributed by atoms with E-state index in [0.29, 0.717) is 6.54 Å². The zero-order valence-electron chi connectivity index (χ0n) is 10.5. The molecule has 2 rings (SSSR count). The summed E-state index contributed by atoms with van der Waals surface area (Å²) in [4.78, 5) is 5.15. The first-order chi connectivity index (χ1) is 8.86. The number of nitrogens with zero attached hydrogens (tertiary/aromatic N) is 1. The second kappa shape index (κ2) is 5.26. The van der Waals surface area contributed by atoms with Crippen LogP contribution in [0.2, 0.25) is 0 Å². The Balaban J connectivity index is 2.20. The van der Waals surface area contributed by atoms with Gasteiger partial charge in [-0.05, 0) is 25.1 Å². The molecule has 102 valence electrons. The summed E-state index contributed by atoms with van der Waals surface area (Å²) in [7, 11) is -3.34. The van der Waals surface area contributed by atoms with Gasteiger partial charge in [0.15, 0.2) is 9.84 Å². The van der Waals surface area contributed by atoms with Crippen molar-refractivity contribution in [2.24, 2.45) is 0 Å². The SMILES string of the molecule is Cc1ncc(CNc2cc(S(C)(=O)=O)ccc2F)s1. The third-order valence-electron chi connectivity index (χ3n) is 2.49. The van der Waals surface area contributed by atoms with Crippen molar-refractivity contribution < 1.29 is 12.8 Å². The summed E-state index contributed by atoms with van der Waals surface area (Å²) >= 11 is 1.51. The number of hydrogen-bond donors (Lipinski definition) is 1. The second-order valence-corrected chi connectivity index (χ2v) is 7.45. The van der Waals surface area contributed by atoms with Crippen LogP contribution in [0.5, 0.6) is 0 Å². The van der Waals surface area contributed by atoms with Crippen LogP contribution < -0.4 is 5.32 Å². The highest BCUT2D eigenvalue weighted by molar-refractivity contribution is 7.90. The lowest BCUT2D eigenvalue weighted by Crippen LogP contribution is -2.03. The van der Waals surface area contributed by atoms with E-state index in [-0.39, 0.29) is 10.6 Å². The van der Waals surface area contributed by atoms with Crippen LogP contribution in [0.25, 0.3) is 0 Å². The number of aromatic nitrogens is 1. The van der Waals surface area contributed by atoms with Gasteiger partial charge < -0.3 is 5.32 Å². The largest absolute Gasteiger partial charge is 0.378 e. The van der Waals surface area contributed by atoms with E-state index >= 15 is 0 Å². The van der Waals surface area contributed by atoms with Crippen molar-refractivity contribution in [3.05, 3.63) is 40.1 Å². The van der Waals surface area contributed by atoms with Crippen LogP contribution in [0.3, 0.4) is 0 Å². The van der Waals surface area contributed by atoms with E-state index in [1.807, 2.05) is 6.92 Å². The molecule has 0 spiro atoms. The number of halogens is 1. The Morgan fingerprint density at radius 3 is 2.74 bits per heavy atom. The molecule has 0 radical (unpaired) electrons. The molecule has 2 aromatic rings. The predicted molar refractivity (Wildman–Crippen MR) is 73.7 cm³/mol. The fraction of sp³-hybridized carbons (Fsp3) is 0.250. The first-order valence-corrected chi connectivity index (χ1v) is 8.22. The summed E-state index contributed by atoms with van der Waals surface area (Å²) in [5.41, 5.74) is 0.175. The molecule has 1 heterocycles. The molecular formula is C12H13FN2O2S2. The normalized spacial score (nSPS) is 11.5. The monoisotopic (exact) mass is 300 g/mol. The van der Waals surface area contributed by atoms with Crippen LogP contribution in [0.15, 0.2) is 29.3 Å². The molecule has 7 heteroatoms. The summed E-state index contributed by atoms with van der Waals surface area (Å²) in [5.74, 6) is -0.478. The molecule has 1 aromatic heterocycles. The van der Waals surface area contributed by atoms with E-state index in [2.05, 4.69) is 10.3 Å². The smallest absolute Gasteiger partial charge is 0.175 e. The van der Waals surface area contributed by atoms with Gasteiger partial charge in [0.05, 0.1) is 22.1 Å². The molecule has 0 amide bonds. The molecule has 19 heavy (non-hydrogen) atoms. The van der Waals surface area contributed by atoms with E-state index in [1.54, 1.807) is 6.20 Å². The zero-order chi connectivity index (χ0) is 14.0. The quantitative estimate of drug-likeness (QED) is 0.882. The molecule has 1 N–H and O–H groups in total. The van der Waals surface area contributed by atoms with Gasteiger partial charge in [-0.2, -0.15) is 0 Å². The third kappa shape index (κ3) is 3.51. The van der Waals surface area contributed by atoms with Crippen molar-refractivity contribution in [1.82, 2.24) is 4.98 Å². The molecule has 0 aliphatic carbocycles. The summed E-state index contributed by atoms with van der Waals surface area (Å²) in [6.45, 7) is 2.30. The maximum absolute atomic E-state index is 13.6. The lowest BCUT2D eigenvalue weighted by atomic mass is 10.3. The standard InChI is InChI=1S/C12H13FN2O2S2/c1-8-14-6-9(18-8)7-15-12-5-10(19(2,16)17)3-4-11(12)13/h3-6,15H,7H2,1-2H3. The summed E-state index contributed by atoms with van der Waals surface area (Å²) < 4.78 is 36.4. The Hall–Kier alpha value is -1.47. The minimum Gasteiger partial charge on any atom is -0.378 e. The molecular weight excluding hydrogens is 287 g/mol. The average molecular weight is 300 g/mol. The molecule has 0 saturated carbocycles. The Labute approximate surface area is 115 Å². The fourth-order valence-corrected chi connectivity index (χ4v) is 2.92. The fourth-order valence-electron chi connectivity index (χ4n) is 1.54. The molecule has 0 bridgehead atoms. The number of benzene rings is 1. The maximum atomic E-state index is 13.6. The molecule has 0 aliphatic heterocycles. The third-order valence-corrected chi connectivity index (χ3v) is 4.51. The Bertz CT molecular complexity index is 696. The molecule has 0 aliphatic rings. The number of hydrogen-bond acceptors (Lipinski definition) is 5. The first-order valence-electron chi connectivity index (χ1n) is 5.51. The first kappa shape index (κ1) is 14.0. The van der Waals surface area contributed by atoms with Crippen LogP contribution in [0.1, 0.15) is 9.88 Å². The van der Waals surface area contributed by atoms with Gasteiger partial charge in [-0.15, -0.1) is 11.3 Å². The summed E-state index contributed by atoms with van der Waals surface area (Å²) in [6.07, 6.45) is 2.81. The highest BCUT2D eigenvalue weighted by Crippen LogP contribution is 2.21. The Kier molecular flexibility index (Phi) is 3.86. The van der Waals surface area contributed by atoms with Crippen molar-refractivity contribution in [3.63, 3.8) is 0 Å². The van der Waals surface area contributed by atoms with Gasteiger partial charge in [-0.3, -0.25) is 0 Å². The van der Waals surface area contributed by atoms with Crippen molar-refractivity contribution in [3.8, 4) is 0 Å². The number of aryl methyl sites for hydroxylation is 1. The van der Waals surface area contributed by atoms with Crippen molar-refractivity contribution in [2.45, 2.75) is 18.4 Å². The highest BCUT2D eigenvalue weighted by atomic mass is 32.2. The number of thiazole rings is 1. The number of rotatable bonds is 4. The lowest BCUT2D eigenvalue weighted by Gasteiger charge is -2.07. The van der Waals surface area contributed by atoms with Gasteiger partial charge in [0.25, 0.3) is 0 Å². The van der Waals surface area contributed by atoms with E-state index in [9.17, 15) is 12.8 Å². The van der Waals surface area contributed by atoms with E-state index < -0.39 is 15.7 Å². The van der Waals surface area contributed by atoms with Crippen LogP contribution in [-0.2, 0) is 16.4 Å². The molecule has 4 nitrogen and oxygen atoms in total. The summed E-state index contributed by atoms with van der Waals surface area (Å²) in [6, 6.07) is 3.71. The summed E-state index contributed by atoms with van der Waals surface area (Å²) in [5, 5.41) is 3.82. The number of anilines is 1. The predicted octanol–water partition coefficient (Wildman–Crippen LogP) is 2.61. The number of nitrogens with one attached hydrogen (secondary N) is 1. The highest BCUT2D eigenvalue weighted by Gasteiger charge is 2.11. The van der Waals surface area contributed by atoms with Crippen LogP contribution in [0.4, 0.5) is 10.1 Å². The minimum atomic E-state index is -3.34. The van der Waals surface area contributed by atoms with Crippen molar-refractivity contribution in [2.75, 3.05) is 11.6 Å². The van der Waals surface area contributed by atoms with Gasteiger partial charge in [0.1, 0.15) is 5.82 Å². The van der Waals surface area contributed by atoms with Gasteiger partial charge in [-0.1, -0.05) is 0 Å². The van der Waals surface area contributed by atoms with Gasteiger partial charge >= 0.3 is 0 Å².